The van der Waals surface area contributed by atoms with E-state index in [0.29, 0.717) is 9.50 Å². The number of sulfonamides is 1. The summed E-state index contributed by atoms with van der Waals surface area (Å²) in [5.74, 6) is -0.662. The van der Waals surface area contributed by atoms with E-state index < -0.39 is 16.0 Å². The van der Waals surface area contributed by atoms with Crippen LogP contribution in [0.2, 0.25) is 10.0 Å². The molecule has 0 saturated carbocycles. The van der Waals surface area contributed by atoms with E-state index in [2.05, 4.69) is 25.4 Å². The van der Waals surface area contributed by atoms with Crippen molar-refractivity contribution in [1.82, 2.24) is 0 Å². The molecular formula is C14H10BrCl2NO4S. The lowest BCUT2D eigenvalue weighted by Crippen LogP contribution is -2.14. The Hall–Kier alpha value is -1.28. The molecule has 0 heterocycles. The fourth-order valence-corrected chi connectivity index (χ4v) is 3.73. The zero-order chi connectivity index (χ0) is 17.2. The van der Waals surface area contributed by atoms with Crippen LogP contribution in [0.4, 0.5) is 5.69 Å². The average molecular weight is 439 g/mol. The fourth-order valence-electron chi connectivity index (χ4n) is 1.72. The number of nitrogens with one attached hydrogen (secondary N) is 1. The molecule has 1 N–H and O–H groups in total. The first kappa shape index (κ1) is 18.1. The van der Waals surface area contributed by atoms with E-state index in [0.717, 1.165) is 6.07 Å². The van der Waals surface area contributed by atoms with Gasteiger partial charge in [0.25, 0.3) is 10.0 Å². The molecule has 2 rings (SSSR count). The molecule has 5 nitrogen and oxygen atoms in total. The Labute approximate surface area is 151 Å². The van der Waals surface area contributed by atoms with Gasteiger partial charge in [0.15, 0.2) is 0 Å². The van der Waals surface area contributed by atoms with Crippen LogP contribution in [-0.4, -0.2) is 21.5 Å². The monoisotopic (exact) mass is 437 g/mol. The number of halogens is 3. The molecule has 2 aromatic carbocycles. The van der Waals surface area contributed by atoms with Crippen LogP contribution in [0.3, 0.4) is 0 Å². The summed E-state index contributed by atoms with van der Waals surface area (Å²) in [5, 5.41) is 0.327. The number of benzene rings is 2. The molecule has 0 atom stereocenters. The first-order chi connectivity index (χ1) is 10.7. The standard InChI is InChI=1S/C14H10BrCl2NO4S/c1-22-14(19)8-2-5-11(16)13(6-8)23(20,21)18-9-3-4-10(15)12(17)7-9/h2-7,18H,1H3. The molecule has 0 saturated heterocycles. The van der Waals surface area contributed by atoms with Crippen molar-refractivity contribution >= 4 is 60.8 Å². The quantitative estimate of drug-likeness (QED) is 0.720. The smallest absolute Gasteiger partial charge is 0.337 e. The van der Waals surface area contributed by atoms with Crippen LogP contribution in [-0.2, 0) is 14.8 Å². The molecule has 0 aliphatic heterocycles. The molecule has 0 bridgehead atoms. The molecule has 2 aromatic rings. The summed E-state index contributed by atoms with van der Waals surface area (Å²) in [4.78, 5) is 11.3. The second-order valence-corrected chi connectivity index (χ2v) is 7.69. The van der Waals surface area contributed by atoms with E-state index in [-0.39, 0.29) is 21.2 Å². The van der Waals surface area contributed by atoms with Crippen LogP contribution in [0.25, 0.3) is 0 Å². The molecule has 0 spiro atoms. The van der Waals surface area contributed by atoms with E-state index in [1.807, 2.05) is 0 Å². The van der Waals surface area contributed by atoms with Gasteiger partial charge in [-0.05, 0) is 52.3 Å². The molecule has 0 unspecified atom stereocenters. The molecule has 0 fully saturated rings. The van der Waals surface area contributed by atoms with Crippen LogP contribution in [0.5, 0.6) is 0 Å². The van der Waals surface area contributed by atoms with Crippen molar-refractivity contribution in [1.29, 1.82) is 0 Å². The summed E-state index contributed by atoms with van der Waals surface area (Å²) < 4.78 is 32.5. The maximum Gasteiger partial charge on any atom is 0.337 e. The number of ether oxygens (including phenoxy) is 1. The molecule has 0 aromatic heterocycles. The number of hydrogen-bond acceptors (Lipinski definition) is 4. The Morgan fingerprint density at radius 3 is 2.43 bits per heavy atom. The van der Waals surface area contributed by atoms with Crippen LogP contribution < -0.4 is 4.72 Å². The third-order valence-corrected chi connectivity index (χ3v) is 5.91. The van der Waals surface area contributed by atoms with Gasteiger partial charge in [-0.25, -0.2) is 13.2 Å². The highest BCUT2D eigenvalue weighted by molar-refractivity contribution is 9.10. The van der Waals surface area contributed by atoms with Gasteiger partial charge in [0, 0.05) is 4.47 Å². The highest BCUT2D eigenvalue weighted by Gasteiger charge is 2.21. The molecule has 0 aliphatic carbocycles. The number of carbonyl (C=O) groups excluding carboxylic acids is 1. The highest BCUT2D eigenvalue weighted by Crippen LogP contribution is 2.29. The highest BCUT2D eigenvalue weighted by atomic mass is 79.9. The third-order valence-electron chi connectivity index (χ3n) is 2.81. The summed E-state index contributed by atoms with van der Waals surface area (Å²) in [7, 11) is -2.80. The third kappa shape index (κ3) is 4.17. The van der Waals surface area contributed by atoms with E-state index >= 15 is 0 Å². The lowest BCUT2D eigenvalue weighted by atomic mass is 10.2. The van der Waals surface area contributed by atoms with E-state index in [1.165, 1.54) is 31.4 Å². The second kappa shape index (κ2) is 7.09. The van der Waals surface area contributed by atoms with Gasteiger partial charge in [0.05, 0.1) is 28.4 Å². The SMILES string of the molecule is COC(=O)c1ccc(Cl)c(S(=O)(=O)Nc2ccc(Br)c(Cl)c2)c1. The first-order valence-corrected chi connectivity index (χ1v) is 9.13. The van der Waals surface area contributed by atoms with Gasteiger partial charge in [-0.15, -0.1) is 0 Å². The summed E-state index contributed by atoms with van der Waals surface area (Å²) in [6.45, 7) is 0. The van der Waals surface area contributed by atoms with Crippen molar-refractivity contribution in [3.8, 4) is 0 Å². The van der Waals surface area contributed by atoms with Crippen molar-refractivity contribution in [2.24, 2.45) is 0 Å². The van der Waals surface area contributed by atoms with Gasteiger partial charge < -0.3 is 4.74 Å². The maximum absolute atomic E-state index is 12.5. The zero-order valence-electron chi connectivity index (χ0n) is 11.6. The second-order valence-electron chi connectivity index (χ2n) is 4.37. The lowest BCUT2D eigenvalue weighted by molar-refractivity contribution is 0.0600. The van der Waals surface area contributed by atoms with E-state index in [1.54, 1.807) is 6.07 Å². The number of methoxy groups -OCH3 is 1. The van der Waals surface area contributed by atoms with Crippen LogP contribution in [0, 0.1) is 0 Å². The number of carbonyl (C=O) groups is 1. The minimum atomic E-state index is -4.00. The lowest BCUT2D eigenvalue weighted by Gasteiger charge is -2.11. The fraction of sp³-hybridized carbons (Fsp3) is 0.0714. The topological polar surface area (TPSA) is 72.5 Å². The average Bonchev–Trinajstić information content (AvgIpc) is 2.50. The van der Waals surface area contributed by atoms with Crippen LogP contribution >= 0.6 is 39.1 Å². The van der Waals surface area contributed by atoms with Gasteiger partial charge >= 0.3 is 5.97 Å². The Morgan fingerprint density at radius 1 is 1.13 bits per heavy atom. The van der Waals surface area contributed by atoms with Crippen LogP contribution in [0.1, 0.15) is 10.4 Å². The molecular weight excluding hydrogens is 429 g/mol. The Morgan fingerprint density at radius 2 is 1.83 bits per heavy atom. The zero-order valence-corrected chi connectivity index (χ0v) is 15.6. The van der Waals surface area contributed by atoms with E-state index in [9.17, 15) is 13.2 Å². The maximum atomic E-state index is 12.5. The van der Waals surface area contributed by atoms with Crippen molar-refractivity contribution < 1.29 is 17.9 Å². The molecule has 122 valence electrons. The Balaban J connectivity index is 2.42. The number of hydrogen-bond donors (Lipinski definition) is 1. The molecule has 9 heteroatoms. The van der Waals surface area contributed by atoms with Crippen LogP contribution in [0.15, 0.2) is 45.8 Å². The molecule has 0 radical (unpaired) electrons. The van der Waals surface area contributed by atoms with Crippen molar-refractivity contribution in [2.45, 2.75) is 4.90 Å². The predicted molar refractivity (Wildman–Crippen MR) is 92.8 cm³/mol. The Kier molecular flexibility index (Phi) is 5.57. The summed E-state index contributed by atoms with van der Waals surface area (Å²) in [5.41, 5.74) is 0.337. The van der Waals surface area contributed by atoms with E-state index in [4.69, 9.17) is 23.2 Å². The molecule has 0 amide bonds. The summed E-state index contributed by atoms with van der Waals surface area (Å²) >= 11 is 15.1. The number of anilines is 1. The van der Waals surface area contributed by atoms with Gasteiger partial charge in [-0.3, -0.25) is 4.72 Å². The summed E-state index contributed by atoms with van der Waals surface area (Å²) in [6.07, 6.45) is 0. The minimum absolute atomic E-state index is 0.0200. The van der Waals surface area contributed by atoms with Gasteiger partial charge in [-0.2, -0.15) is 0 Å². The van der Waals surface area contributed by atoms with Crippen molar-refractivity contribution in [3.63, 3.8) is 0 Å². The molecule has 23 heavy (non-hydrogen) atoms. The first-order valence-electron chi connectivity index (χ1n) is 6.10. The van der Waals surface area contributed by atoms with Gasteiger partial charge in [0.1, 0.15) is 4.90 Å². The normalized spacial score (nSPS) is 11.1. The largest absolute Gasteiger partial charge is 0.465 e. The van der Waals surface area contributed by atoms with Gasteiger partial charge in [-0.1, -0.05) is 23.2 Å². The summed E-state index contributed by atoms with van der Waals surface area (Å²) in [6, 6.07) is 8.43. The minimum Gasteiger partial charge on any atom is -0.465 e. The molecule has 0 aliphatic rings. The number of rotatable bonds is 4. The Bertz CT molecular complexity index is 871. The van der Waals surface area contributed by atoms with Crippen molar-refractivity contribution in [3.05, 3.63) is 56.5 Å². The van der Waals surface area contributed by atoms with Gasteiger partial charge in [0.2, 0.25) is 0 Å². The predicted octanol–water partition coefficient (Wildman–Crippen LogP) is 4.34. The number of esters is 1. The van der Waals surface area contributed by atoms with Crippen molar-refractivity contribution in [2.75, 3.05) is 11.8 Å².